The topological polar surface area (TPSA) is 55.6 Å². The molecule has 1 aliphatic heterocycles. The first kappa shape index (κ1) is 12.9. The lowest BCUT2D eigenvalue weighted by Gasteiger charge is -2.38. The van der Waals surface area contributed by atoms with Gasteiger partial charge in [0.05, 0.1) is 31.7 Å². The van der Waals surface area contributed by atoms with Crippen molar-refractivity contribution in [3.8, 4) is 0 Å². The highest BCUT2D eigenvalue weighted by Gasteiger charge is 2.29. The van der Waals surface area contributed by atoms with Gasteiger partial charge in [0, 0.05) is 5.69 Å². The van der Waals surface area contributed by atoms with Gasteiger partial charge >= 0.3 is 0 Å². The van der Waals surface area contributed by atoms with Crippen LogP contribution < -0.4 is 5.73 Å². The summed E-state index contributed by atoms with van der Waals surface area (Å²) in [5.41, 5.74) is 7.35. The highest BCUT2D eigenvalue weighted by molar-refractivity contribution is 5.79. The third-order valence-corrected chi connectivity index (χ3v) is 3.29. The van der Waals surface area contributed by atoms with Gasteiger partial charge in [0.1, 0.15) is 0 Å². The number of nitrogen functional groups attached to an aromatic ring is 1. The van der Waals surface area contributed by atoms with Crippen molar-refractivity contribution in [2.75, 3.05) is 18.9 Å². The van der Waals surface area contributed by atoms with Gasteiger partial charge in [0.15, 0.2) is 0 Å². The number of amides is 1. The average molecular weight is 248 g/mol. The molecule has 1 aromatic rings. The minimum absolute atomic E-state index is 0.148. The van der Waals surface area contributed by atoms with Crippen LogP contribution in [0.4, 0.5) is 5.69 Å². The molecule has 4 heteroatoms. The van der Waals surface area contributed by atoms with Gasteiger partial charge in [0.2, 0.25) is 5.91 Å². The number of morpholine rings is 1. The average Bonchev–Trinajstić information content (AvgIpc) is 2.32. The monoisotopic (exact) mass is 248 g/mol. The van der Waals surface area contributed by atoms with Crippen LogP contribution >= 0.6 is 0 Å². The maximum Gasteiger partial charge on any atom is 0.227 e. The van der Waals surface area contributed by atoms with Gasteiger partial charge in [0.25, 0.3) is 0 Å². The van der Waals surface area contributed by atoms with Crippen LogP contribution in [0.15, 0.2) is 24.3 Å². The summed E-state index contributed by atoms with van der Waals surface area (Å²) in [5.74, 6) is 0.156. The third-order valence-electron chi connectivity index (χ3n) is 3.29. The lowest BCUT2D eigenvalue weighted by Crippen LogP contribution is -2.53. The third kappa shape index (κ3) is 2.82. The van der Waals surface area contributed by atoms with E-state index >= 15 is 0 Å². The molecule has 1 aliphatic rings. The molecule has 2 atom stereocenters. The van der Waals surface area contributed by atoms with Gasteiger partial charge in [-0.3, -0.25) is 4.79 Å². The fraction of sp³-hybridized carbons (Fsp3) is 0.500. The number of hydrogen-bond acceptors (Lipinski definition) is 3. The molecule has 0 unspecified atom stereocenters. The van der Waals surface area contributed by atoms with E-state index in [1.54, 1.807) is 0 Å². The first-order chi connectivity index (χ1) is 8.58. The van der Waals surface area contributed by atoms with Crippen molar-refractivity contribution in [1.82, 2.24) is 4.90 Å². The van der Waals surface area contributed by atoms with E-state index in [4.69, 9.17) is 10.5 Å². The van der Waals surface area contributed by atoms with E-state index in [-0.39, 0.29) is 18.0 Å². The molecule has 0 aliphatic carbocycles. The quantitative estimate of drug-likeness (QED) is 0.806. The fourth-order valence-corrected chi connectivity index (χ4v) is 2.40. The molecule has 0 radical (unpaired) electrons. The van der Waals surface area contributed by atoms with Gasteiger partial charge in [-0.1, -0.05) is 12.1 Å². The summed E-state index contributed by atoms with van der Waals surface area (Å²) < 4.78 is 5.43. The molecule has 1 amide bonds. The van der Waals surface area contributed by atoms with Gasteiger partial charge in [-0.05, 0) is 31.5 Å². The Bertz CT molecular complexity index is 406. The summed E-state index contributed by atoms with van der Waals surface area (Å²) in [6, 6.07) is 7.76. The Morgan fingerprint density at radius 3 is 2.39 bits per heavy atom. The molecule has 0 spiro atoms. The summed E-state index contributed by atoms with van der Waals surface area (Å²) >= 11 is 0. The van der Waals surface area contributed by atoms with Gasteiger partial charge in [-0.15, -0.1) is 0 Å². The summed E-state index contributed by atoms with van der Waals surface area (Å²) in [6.45, 7) is 5.29. The molecule has 1 heterocycles. The van der Waals surface area contributed by atoms with Gasteiger partial charge in [-0.25, -0.2) is 0 Å². The zero-order valence-electron chi connectivity index (χ0n) is 10.9. The molecule has 2 rings (SSSR count). The Kier molecular flexibility index (Phi) is 3.87. The van der Waals surface area contributed by atoms with Crippen molar-refractivity contribution in [2.45, 2.75) is 32.4 Å². The minimum atomic E-state index is 0.148. The summed E-state index contributed by atoms with van der Waals surface area (Å²) in [4.78, 5) is 14.2. The van der Waals surface area contributed by atoms with Crippen molar-refractivity contribution in [3.05, 3.63) is 29.8 Å². The predicted octanol–water partition coefficient (Wildman–Crippen LogP) is 1.45. The first-order valence-corrected chi connectivity index (χ1v) is 6.31. The van der Waals surface area contributed by atoms with Gasteiger partial charge < -0.3 is 15.4 Å². The van der Waals surface area contributed by atoms with E-state index in [0.717, 1.165) is 11.3 Å². The Morgan fingerprint density at radius 1 is 1.28 bits per heavy atom. The SMILES string of the molecule is C[C@H]1COC[C@H](C)N1C(=O)Cc1ccc(N)cc1. The Balaban J connectivity index is 2.04. The van der Waals surface area contributed by atoms with E-state index in [1.807, 2.05) is 43.0 Å². The van der Waals surface area contributed by atoms with Crippen LogP contribution in [0.25, 0.3) is 0 Å². The molecule has 0 aromatic heterocycles. The van der Waals surface area contributed by atoms with E-state index in [2.05, 4.69) is 0 Å². The number of rotatable bonds is 2. The molecule has 1 aromatic carbocycles. The second-order valence-electron chi connectivity index (χ2n) is 4.95. The van der Waals surface area contributed by atoms with Crippen LogP contribution in [0.1, 0.15) is 19.4 Å². The van der Waals surface area contributed by atoms with E-state index in [9.17, 15) is 4.79 Å². The van der Waals surface area contributed by atoms with E-state index in [1.165, 1.54) is 0 Å². The molecule has 4 nitrogen and oxygen atoms in total. The van der Waals surface area contributed by atoms with Crippen molar-refractivity contribution in [1.29, 1.82) is 0 Å². The Hall–Kier alpha value is -1.55. The molecule has 98 valence electrons. The fourth-order valence-electron chi connectivity index (χ4n) is 2.40. The molecule has 1 saturated heterocycles. The molecule has 0 bridgehead atoms. The second-order valence-corrected chi connectivity index (χ2v) is 4.95. The molecular formula is C14H20N2O2. The number of nitrogens with zero attached hydrogens (tertiary/aromatic N) is 1. The predicted molar refractivity (Wildman–Crippen MR) is 71.1 cm³/mol. The number of nitrogens with two attached hydrogens (primary N) is 1. The highest BCUT2D eigenvalue weighted by Crippen LogP contribution is 2.16. The lowest BCUT2D eigenvalue weighted by molar-refractivity contribution is -0.143. The lowest BCUT2D eigenvalue weighted by atomic mass is 10.1. The standard InChI is InChI=1S/C14H20N2O2/c1-10-8-18-9-11(2)16(10)14(17)7-12-3-5-13(15)6-4-12/h3-6,10-11H,7-9,15H2,1-2H3/t10-,11-/m0/s1. The van der Waals surface area contributed by atoms with E-state index in [0.29, 0.717) is 19.6 Å². The van der Waals surface area contributed by atoms with Crippen LogP contribution in [0, 0.1) is 0 Å². The first-order valence-electron chi connectivity index (χ1n) is 6.31. The Labute approximate surface area is 108 Å². The molecule has 0 saturated carbocycles. The molecule has 2 N–H and O–H groups in total. The number of benzene rings is 1. The van der Waals surface area contributed by atoms with Crippen molar-refractivity contribution < 1.29 is 9.53 Å². The van der Waals surface area contributed by atoms with Gasteiger partial charge in [-0.2, -0.15) is 0 Å². The van der Waals surface area contributed by atoms with Crippen molar-refractivity contribution in [3.63, 3.8) is 0 Å². The van der Waals surface area contributed by atoms with Crippen molar-refractivity contribution >= 4 is 11.6 Å². The maximum atomic E-state index is 12.3. The molecular weight excluding hydrogens is 228 g/mol. The summed E-state index contributed by atoms with van der Waals surface area (Å²) in [6.07, 6.45) is 0.426. The zero-order chi connectivity index (χ0) is 13.1. The summed E-state index contributed by atoms with van der Waals surface area (Å²) in [5, 5.41) is 0. The van der Waals surface area contributed by atoms with Crippen LogP contribution in [-0.4, -0.2) is 36.1 Å². The zero-order valence-corrected chi connectivity index (χ0v) is 10.9. The minimum Gasteiger partial charge on any atom is -0.399 e. The molecule has 1 fully saturated rings. The number of anilines is 1. The van der Waals surface area contributed by atoms with E-state index < -0.39 is 0 Å². The normalized spacial score (nSPS) is 24.0. The van der Waals surface area contributed by atoms with Crippen LogP contribution in [0.3, 0.4) is 0 Å². The van der Waals surface area contributed by atoms with Crippen molar-refractivity contribution in [2.24, 2.45) is 0 Å². The molecule has 18 heavy (non-hydrogen) atoms. The van der Waals surface area contributed by atoms with Crippen LogP contribution in [-0.2, 0) is 16.0 Å². The second kappa shape index (κ2) is 5.40. The van der Waals surface area contributed by atoms with Crippen LogP contribution in [0.5, 0.6) is 0 Å². The van der Waals surface area contributed by atoms with Crippen LogP contribution in [0.2, 0.25) is 0 Å². The number of ether oxygens (including phenoxy) is 1. The smallest absolute Gasteiger partial charge is 0.227 e. The highest BCUT2D eigenvalue weighted by atomic mass is 16.5. The number of carbonyl (C=O) groups excluding carboxylic acids is 1. The summed E-state index contributed by atoms with van der Waals surface area (Å²) in [7, 11) is 0. The largest absolute Gasteiger partial charge is 0.399 e. The maximum absolute atomic E-state index is 12.3. The number of hydrogen-bond donors (Lipinski definition) is 1. The Morgan fingerprint density at radius 2 is 1.83 bits per heavy atom. The number of carbonyl (C=O) groups is 1.